The summed E-state index contributed by atoms with van der Waals surface area (Å²) in [6.45, 7) is 1.91. The first-order valence-electron chi connectivity index (χ1n) is 8.16. The molecule has 3 aromatic rings. The van der Waals surface area contributed by atoms with Gasteiger partial charge in [0.1, 0.15) is 17.3 Å². The van der Waals surface area contributed by atoms with Crippen LogP contribution < -0.4 is 10.1 Å². The Balaban J connectivity index is 1.56. The van der Waals surface area contributed by atoms with Crippen LogP contribution in [0.1, 0.15) is 12.7 Å². The number of halogens is 3. The smallest absolute Gasteiger partial charge is 0.261 e. The van der Waals surface area contributed by atoms with Crippen LogP contribution in [0.2, 0.25) is 10.0 Å². The lowest BCUT2D eigenvalue weighted by Crippen LogP contribution is -2.35. The SMILES string of the molecule is CC(Oc1ccc(Cl)cc1Cl)C(=O)NCc1ccc(-c2ccc(Br)cc2)o1. The van der Waals surface area contributed by atoms with Gasteiger partial charge in [-0.05, 0) is 49.4 Å². The number of hydrogen-bond acceptors (Lipinski definition) is 3. The highest BCUT2D eigenvalue weighted by Gasteiger charge is 2.16. The third kappa shape index (κ3) is 5.28. The van der Waals surface area contributed by atoms with Crippen molar-refractivity contribution in [2.45, 2.75) is 19.6 Å². The van der Waals surface area contributed by atoms with Gasteiger partial charge in [0.2, 0.25) is 0 Å². The Kier molecular flexibility index (Phi) is 6.47. The molecule has 7 heteroatoms. The van der Waals surface area contributed by atoms with Gasteiger partial charge in [0.25, 0.3) is 5.91 Å². The van der Waals surface area contributed by atoms with Gasteiger partial charge in [-0.2, -0.15) is 0 Å². The molecule has 0 aliphatic carbocycles. The average Bonchev–Trinajstić information content (AvgIpc) is 3.11. The summed E-state index contributed by atoms with van der Waals surface area (Å²) in [5.41, 5.74) is 0.963. The van der Waals surface area contributed by atoms with Gasteiger partial charge in [-0.3, -0.25) is 4.79 Å². The molecule has 1 heterocycles. The van der Waals surface area contributed by atoms with Crippen molar-refractivity contribution in [2.75, 3.05) is 0 Å². The molecule has 0 saturated heterocycles. The van der Waals surface area contributed by atoms with E-state index in [1.807, 2.05) is 36.4 Å². The number of benzene rings is 2. The lowest BCUT2D eigenvalue weighted by atomic mass is 10.2. The molecule has 1 N–H and O–H groups in total. The first-order valence-corrected chi connectivity index (χ1v) is 9.71. The van der Waals surface area contributed by atoms with E-state index in [1.165, 1.54) is 0 Å². The second-order valence-corrected chi connectivity index (χ2v) is 7.58. The molecule has 0 aliphatic heterocycles. The highest BCUT2D eigenvalue weighted by atomic mass is 79.9. The maximum Gasteiger partial charge on any atom is 0.261 e. The van der Waals surface area contributed by atoms with Gasteiger partial charge in [0, 0.05) is 15.1 Å². The van der Waals surface area contributed by atoms with Crippen LogP contribution in [0.5, 0.6) is 5.75 Å². The van der Waals surface area contributed by atoms with Crippen LogP contribution in [0, 0.1) is 0 Å². The highest BCUT2D eigenvalue weighted by molar-refractivity contribution is 9.10. The van der Waals surface area contributed by atoms with E-state index >= 15 is 0 Å². The maximum absolute atomic E-state index is 12.3. The lowest BCUT2D eigenvalue weighted by Gasteiger charge is -2.15. The quantitative estimate of drug-likeness (QED) is 0.475. The Hall–Kier alpha value is -1.95. The van der Waals surface area contributed by atoms with E-state index in [1.54, 1.807) is 25.1 Å². The number of carbonyl (C=O) groups is 1. The zero-order chi connectivity index (χ0) is 19.4. The molecule has 4 nitrogen and oxygen atoms in total. The topological polar surface area (TPSA) is 51.5 Å². The number of carbonyl (C=O) groups excluding carboxylic acids is 1. The van der Waals surface area contributed by atoms with Crippen LogP contribution in [0.4, 0.5) is 0 Å². The van der Waals surface area contributed by atoms with Gasteiger partial charge >= 0.3 is 0 Å². The standard InChI is InChI=1S/C20H16BrCl2NO3/c1-12(26-19-8-6-15(22)10-17(19)23)20(25)24-11-16-7-9-18(27-16)13-2-4-14(21)5-3-13/h2-10,12H,11H2,1H3,(H,24,25). The van der Waals surface area contributed by atoms with Crippen LogP contribution in [0.15, 0.2) is 63.5 Å². The van der Waals surface area contributed by atoms with Crippen molar-refractivity contribution in [2.24, 2.45) is 0 Å². The van der Waals surface area contributed by atoms with Crippen molar-refractivity contribution in [3.8, 4) is 17.1 Å². The molecule has 1 amide bonds. The molecule has 3 rings (SSSR count). The third-order valence-electron chi connectivity index (χ3n) is 3.79. The van der Waals surface area contributed by atoms with Gasteiger partial charge in [-0.1, -0.05) is 51.3 Å². The minimum Gasteiger partial charge on any atom is -0.479 e. The van der Waals surface area contributed by atoms with Crippen LogP contribution in [-0.2, 0) is 11.3 Å². The van der Waals surface area contributed by atoms with Crippen LogP contribution in [0.3, 0.4) is 0 Å². The average molecular weight is 469 g/mol. The first kappa shape index (κ1) is 19.8. The molecule has 27 heavy (non-hydrogen) atoms. The molecule has 0 fully saturated rings. The van der Waals surface area contributed by atoms with Gasteiger partial charge in [-0.25, -0.2) is 0 Å². The number of amides is 1. The van der Waals surface area contributed by atoms with E-state index in [9.17, 15) is 4.79 Å². The number of hydrogen-bond donors (Lipinski definition) is 1. The van der Waals surface area contributed by atoms with Crippen molar-refractivity contribution < 1.29 is 13.9 Å². The molecule has 0 radical (unpaired) electrons. The minimum absolute atomic E-state index is 0.261. The van der Waals surface area contributed by atoms with Crippen LogP contribution >= 0.6 is 39.1 Å². The van der Waals surface area contributed by atoms with E-state index in [0.29, 0.717) is 21.6 Å². The first-order chi connectivity index (χ1) is 12.9. The summed E-state index contributed by atoms with van der Waals surface area (Å²) >= 11 is 15.3. The van der Waals surface area contributed by atoms with Gasteiger partial charge in [0.15, 0.2) is 6.10 Å². The number of nitrogens with one attached hydrogen (secondary N) is 1. The van der Waals surface area contributed by atoms with Crippen LogP contribution in [-0.4, -0.2) is 12.0 Å². The Morgan fingerprint density at radius 1 is 1.15 bits per heavy atom. The molecule has 0 spiro atoms. The second kappa shape index (κ2) is 8.83. The molecular weight excluding hydrogens is 453 g/mol. The molecular formula is C20H16BrCl2NO3. The highest BCUT2D eigenvalue weighted by Crippen LogP contribution is 2.28. The number of ether oxygens (including phenoxy) is 1. The third-order valence-corrected chi connectivity index (χ3v) is 4.85. The molecule has 1 unspecified atom stereocenters. The van der Waals surface area contributed by atoms with Gasteiger partial charge in [0.05, 0.1) is 11.6 Å². The van der Waals surface area contributed by atoms with Gasteiger partial charge in [-0.15, -0.1) is 0 Å². The normalized spacial score (nSPS) is 11.9. The minimum atomic E-state index is -0.718. The molecule has 0 saturated carbocycles. The van der Waals surface area contributed by atoms with Crippen molar-refractivity contribution in [3.05, 3.63) is 74.9 Å². The molecule has 140 valence electrons. The molecule has 1 atom stereocenters. The predicted octanol–water partition coefficient (Wildman–Crippen LogP) is 6.10. The fourth-order valence-corrected chi connectivity index (χ4v) is 3.09. The van der Waals surface area contributed by atoms with Gasteiger partial charge < -0.3 is 14.5 Å². The summed E-state index contributed by atoms with van der Waals surface area (Å²) in [4.78, 5) is 12.3. The summed E-state index contributed by atoms with van der Waals surface area (Å²) < 4.78 is 12.4. The molecule has 2 aromatic carbocycles. The summed E-state index contributed by atoms with van der Waals surface area (Å²) in [5, 5.41) is 3.65. The van der Waals surface area contributed by atoms with Crippen molar-refractivity contribution in [1.82, 2.24) is 5.32 Å². The zero-order valence-corrected chi connectivity index (χ0v) is 17.4. The summed E-state index contributed by atoms with van der Waals surface area (Å²) in [5.74, 6) is 1.52. The lowest BCUT2D eigenvalue weighted by molar-refractivity contribution is -0.127. The van der Waals surface area contributed by atoms with Crippen LogP contribution in [0.25, 0.3) is 11.3 Å². The van der Waals surface area contributed by atoms with E-state index < -0.39 is 6.10 Å². The van der Waals surface area contributed by atoms with E-state index in [2.05, 4.69) is 21.2 Å². The van der Waals surface area contributed by atoms with Crippen molar-refractivity contribution >= 4 is 45.0 Å². The molecule has 0 bridgehead atoms. The maximum atomic E-state index is 12.3. The fourth-order valence-electron chi connectivity index (χ4n) is 2.37. The molecule has 0 aliphatic rings. The predicted molar refractivity (Wildman–Crippen MR) is 110 cm³/mol. The zero-order valence-electron chi connectivity index (χ0n) is 14.3. The summed E-state index contributed by atoms with van der Waals surface area (Å²) in [6.07, 6.45) is -0.718. The van der Waals surface area contributed by atoms with Crippen molar-refractivity contribution in [1.29, 1.82) is 0 Å². The number of rotatable bonds is 6. The Morgan fingerprint density at radius 2 is 1.89 bits per heavy atom. The Labute approximate surface area is 175 Å². The van der Waals surface area contributed by atoms with E-state index in [-0.39, 0.29) is 12.5 Å². The molecule has 1 aromatic heterocycles. The second-order valence-electron chi connectivity index (χ2n) is 5.83. The van der Waals surface area contributed by atoms with E-state index in [4.69, 9.17) is 32.4 Å². The Bertz CT molecular complexity index is 941. The summed E-state index contributed by atoms with van der Waals surface area (Å²) in [6, 6.07) is 16.4. The van der Waals surface area contributed by atoms with E-state index in [0.717, 1.165) is 15.8 Å². The summed E-state index contributed by atoms with van der Waals surface area (Å²) in [7, 11) is 0. The number of furan rings is 1. The monoisotopic (exact) mass is 467 g/mol. The Morgan fingerprint density at radius 3 is 2.59 bits per heavy atom. The van der Waals surface area contributed by atoms with Crippen molar-refractivity contribution in [3.63, 3.8) is 0 Å². The fraction of sp³-hybridized carbons (Fsp3) is 0.150. The largest absolute Gasteiger partial charge is 0.479 e.